The van der Waals surface area contributed by atoms with Gasteiger partial charge in [0.05, 0.1) is 5.56 Å². The lowest BCUT2D eigenvalue weighted by atomic mass is 10.2. The van der Waals surface area contributed by atoms with Crippen molar-refractivity contribution in [3.8, 4) is 0 Å². The molecule has 0 aliphatic rings. The van der Waals surface area contributed by atoms with E-state index in [1.54, 1.807) is 0 Å². The van der Waals surface area contributed by atoms with Crippen molar-refractivity contribution in [2.24, 2.45) is 0 Å². The molecule has 0 saturated carbocycles. The standard InChI is InChI=1S/C19H13ClF3P/c20-14-11-12-17(19(21,22)23)18(13-14)24(15-7-3-1-4-8-15)16-9-5-2-6-10-16/h1-13H. The van der Waals surface area contributed by atoms with Gasteiger partial charge in [0, 0.05) is 5.02 Å². The van der Waals surface area contributed by atoms with Gasteiger partial charge in [-0.05, 0) is 42.0 Å². The van der Waals surface area contributed by atoms with E-state index in [1.165, 1.54) is 12.1 Å². The SMILES string of the molecule is FC(F)(F)c1ccc(Cl)cc1P(c1ccccc1)c1ccccc1. The molecule has 0 N–H and O–H groups in total. The van der Waals surface area contributed by atoms with Crippen LogP contribution in [-0.4, -0.2) is 0 Å². The summed E-state index contributed by atoms with van der Waals surface area (Å²) in [6.45, 7) is 0. The van der Waals surface area contributed by atoms with Gasteiger partial charge in [0.15, 0.2) is 0 Å². The predicted molar refractivity (Wildman–Crippen MR) is 95.2 cm³/mol. The van der Waals surface area contributed by atoms with Crippen LogP contribution in [0.3, 0.4) is 0 Å². The van der Waals surface area contributed by atoms with Crippen LogP contribution in [0.5, 0.6) is 0 Å². The maximum absolute atomic E-state index is 13.5. The molecule has 0 aromatic heterocycles. The Kier molecular flexibility index (Phi) is 4.93. The fourth-order valence-electron chi connectivity index (χ4n) is 2.51. The Morgan fingerprint density at radius 1 is 0.708 bits per heavy atom. The van der Waals surface area contributed by atoms with Crippen LogP contribution in [0.2, 0.25) is 5.02 Å². The van der Waals surface area contributed by atoms with Gasteiger partial charge >= 0.3 is 6.18 Å². The third kappa shape index (κ3) is 3.63. The van der Waals surface area contributed by atoms with Crippen LogP contribution in [0.15, 0.2) is 78.9 Å². The molecule has 0 nitrogen and oxygen atoms in total. The quantitative estimate of drug-likeness (QED) is 0.566. The molecule has 0 amide bonds. The molecule has 5 heteroatoms. The minimum Gasteiger partial charge on any atom is -0.166 e. The zero-order valence-corrected chi connectivity index (χ0v) is 14.1. The van der Waals surface area contributed by atoms with Crippen molar-refractivity contribution in [2.75, 3.05) is 0 Å². The van der Waals surface area contributed by atoms with E-state index in [4.69, 9.17) is 11.6 Å². The summed E-state index contributed by atoms with van der Waals surface area (Å²) in [7, 11) is -1.35. The number of hydrogen-bond donors (Lipinski definition) is 0. The lowest BCUT2D eigenvalue weighted by Crippen LogP contribution is -2.27. The van der Waals surface area contributed by atoms with Gasteiger partial charge in [-0.1, -0.05) is 72.3 Å². The van der Waals surface area contributed by atoms with Crippen molar-refractivity contribution < 1.29 is 13.2 Å². The molecular formula is C19H13ClF3P. The van der Waals surface area contributed by atoms with Crippen molar-refractivity contribution in [1.29, 1.82) is 0 Å². The van der Waals surface area contributed by atoms with Crippen molar-refractivity contribution >= 4 is 35.4 Å². The van der Waals surface area contributed by atoms with E-state index >= 15 is 0 Å². The van der Waals surface area contributed by atoms with E-state index < -0.39 is 19.7 Å². The molecule has 24 heavy (non-hydrogen) atoms. The van der Waals surface area contributed by atoms with Crippen molar-refractivity contribution in [3.05, 3.63) is 89.4 Å². The molecule has 0 spiro atoms. The largest absolute Gasteiger partial charge is 0.417 e. The fourth-order valence-corrected chi connectivity index (χ4v) is 5.26. The molecule has 0 aliphatic heterocycles. The van der Waals surface area contributed by atoms with Crippen molar-refractivity contribution in [3.63, 3.8) is 0 Å². The summed E-state index contributed by atoms with van der Waals surface area (Å²) in [5, 5.41) is 2.23. The van der Waals surface area contributed by atoms with Gasteiger partial charge < -0.3 is 0 Å². The van der Waals surface area contributed by atoms with Gasteiger partial charge in [0.25, 0.3) is 0 Å². The topological polar surface area (TPSA) is 0 Å². The molecular weight excluding hydrogens is 352 g/mol. The van der Waals surface area contributed by atoms with Crippen LogP contribution in [-0.2, 0) is 6.18 Å². The number of rotatable bonds is 3. The Labute approximate surface area is 144 Å². The molecule has 0 heterocycles. The highest BCUT2D eigenvalue weighted by Crippen LogP contribution is 2.40. The Hall–Kier alpha value is -1.83. The van der Waals surface area contributed by atoms with E-state index in [0.717, 1.165) is 16.7 Å². The van der Waals surface area contributed by atoms with Crippen molar-refractivity contribution in [2.45, 2.75) is 6.18 Å². The van der Waals surface area contributed by atoms with Gasteiger partial charge in [-0.25, -0.2) is 0 Å². The van der Waals surface area contributed by atoms with E-state index in [2.05, 4.69) is 0 Å². The van der Waals surface area contributed by atoms with Crippen LogP contribution in [0, 0.1) is 0 Å². The van der Waals surface area contributed by atoms with Crippen LogP contribution in [0.4, 0.5) is 13.2 Å². The number of halogens is 4. The van der Waals surface area contributed by atoms with Crippen molar-refractivity contribution in [1.82, 2.24) is 0 Å². The molecule has 122 valence electrons. The third-order valence-corrected chi connectivity index (χ3v) is 6.25. The minimum atomic E-state index is -4.43. The molecule has 3 rings (SSSR count). The summed E-state index contributed by atoms with van der Waals surface area (Å²) in [5.74, 6) is 0. The van der Waals surface area contributed by atoms with Gasteiger partial charge in [-0.3, -0.25) is 0 Å². The predicted octanol–water partition coefficient (Wildman–Crippen LogP) is 5.12. The lowest BCUT2D eigenvalue weighted by Gasteiger charge is -2.23. The Bertz CT molecular complexity index is 778. The number of hydrogen-bond acceptors (Lipinski definition) is 0. The average molecular weight is 365 g/mol. The molecule has 0 unspecified atom stereocenters. The monoisotopic (exact) mass is 364 g/mol. The molecule has 0 radical (unpaired) electrons. The Morgan fingerprint density at radius 2 is 1.21 bits per heavy atom. The molecule has 0 bridgehead atoms. The second kappa shape index (κ2) is 6.96. The lowest BCUT2D eigenvalue weighted by molar-refractivity contribution is -0.136. The van der Waals surface area contributed by atoms with E-state index in [9.17, 15) is 13.2 Å². The van der Waals surface area contributed by atoms with Crippen LogP contribution in [0.25, 0.3) is 0 Å². The van der Waals surface area contributed by atoms with E-state index in [1.807, 2.05) is 60.7 Å². The number of benzene rings is 3. The number of alkyl halides is 3. The second-order valence-electron chi connectivity index (χ2n) is 5.17. The van der Waals surface area contributed by atoms with Crippen LogP contribution < -0.4 is 15.9 Å². The smallest absolute Gasteiger partial charge is 0.166 e. The van der Waals surface area contributed by atoms with E-state index in [0.29, 0.717) is 5.02 Å². The normalized spacial score (nSPS) is 11.7. The first kappa shape index (κ1) is 17.0. The molecule has 0 saturated heterocycles. The summed E-state index contributed by atoms with van der Waals surface area (Å²) in [5.41, 5.74) is -0.634. The molecule has 0 fully saturated rings. The summed E-state index contributed by atoms with van der Waals surface area (Å²) < 4.78 is 40.6. The van der Waals surface area contributed by atoms with E-state index in [-0.39, 0.29) is 5.30 Å². The highest BCUT2D eigenvalue weighted by Gasteiger charge is 2.36. The van der Waals surface area contributed by atoms with Gasteiger partial charge in [-0.15, -0.1) is 0 Å². The van der Waals surface area contributed by atoms with Gasteiger partial charge in [0.1, 0.15) is 0 Å². The fraction of sp³-hybridized carbons (Fsp3) is 0.0526. The Balaban J connectivity index is 2.26. The Morgan fingerprint density at radius 3 is 1.67 bits per heavy atom. The molecule has 0 atom stereocenters. The highest BCUT2D eigenvalue weighted by atomic mass is 35.5. The van der Waals surface area contributed by atoms with Gasteiger partial charge in [-0.2, -0.15) is 13.2 Å². The van der Waals surface area contributed by atoms with Crippen LogP contribution in [0.1, 0.15) is 5.56 Å². The minimum absolute atomic E-state index is 0.224. The zero-order valence-electron chi connectivity index (χ0n) is 12.5. The third-order valence-electron chi connectivity index (χ3n) is 3.53. The maximum Gasteiger partial charge on any atom is 0.417 e. The zero-order chi connectivity index (χ0) is 17.2. The van der Waals surface area contributed by atoms with Gasteiger partial charge in [0.2, 0.25) is 0 Å². The summed E-state index contributed by atoms with van der Waals surface area (Å²) >= 11 is 6.03. The molecule has 3 aromatic rings. The first-order valence-corrected chi connectivity index (χ1v) is 8.96. The summed E-state index contributed by atoms with van der Waals surface area (Å²) in [6, 6.07) is 22.3. The maximum atomic E-state index is 13.5. The molecule has 3 aromatic carbocycles. The molecule has 0 aliphatic carbocycles. The second-order valence-corrected chi connectivity index (χ2v) is 7.79. The summed E-state index contributed by atoms with van der Waals surface area (Å²) in [6.07, 6.45) is -4.43. The summed E-state index contributed by atoms with van der Waals surface area (Å²) in [4.78, 5) is 0. The average Bonchev–Trinajstić information content (AvgIpc) is 2.56. The highest BCUT2D eigenvalue weighted by molar-refractivity contribution is 7.79. The first-order valence-electron chi connectivity index (χ1n) is 7.24. The first-order chi connectivity index (χ1) is 11.5. The van der Waals surface area contributed by atoms with Crippen LogP contribution >= 0.6 is 19.5 Å².